The van der Waals surface area contributed by atoms with E-state index in [1.165, 1.54) is 0 Å². The molecule has 0 saturated carbocycles. The monoisotopic (exact) mass is 230 g/mol. The maximum Gasteiger partial charge on any atom is 0.239 e. The summed E-state index contributed by atoms with van der Waals surface area (Å²) in [5.41, 5.74) is 0.881. The number of hydrogen-bond acceptors (Lipinski definition) is 4. The molecule has 0 unspecified atom stereocenters. The van der Waals surface area contributed by atoms with Crippen LogP contribution in [0.3, 0.4) is 0 Å². The summed E-state index contributed by atoms with van der Waals surface area (Å²) in [4.78, 5) is 11.2. The van der Waals surface area contributed by atoms with E-state index in [1.54, 1.807) is 7.05 Å². The predicted octanol–water partition coefficient (Wildman–Crippen LogP) is 1.10. The van der Waals surface area contributed by atoms with Crippen LogP contribution in [0.1, 0.15) is 5.69 Å². The molecule has 0 spiro atoms. The Kier molecular flexibility index (Phi) is 3.18. The number of likely N-dealkylation sites (N-methyl/N-ethyl adjacent to an activating group) is 1. The molecule has 1 amide bonds. The van der Waals surface area contributed by atoms with E-state index in [0.29, 0.717) is 5.82 Å². The molecule has 5 nitrogen and oxygen atoms in total. The number of fused-ring (bicyclic) bond motifs is 1. The molecule has 0 fully saturated rings. The average molecular weight is 230 g/mol. The van der Waals surface area contributed by atoms with Gasteiger partial charge in [0, 0.05) is 17.8 Å². The number of aryl methyl sites for hydroxylation is 1. The minimum atomic E-state index is -0.0866. The molecule has 2 rings (SSSR count). The largest absolute Gasteiger partial charge is 0.359 e. The quantitative estimate of drug-likeness (QED) is 0.828. The van der Waals surface area contributed by atoms with E-state index in [-0.39, 0.29) is 12.5 Å². The van der Waals surface area contributed by atoms with Crippen molar-refractivity contribution in [2.24, 2.45) is 0 Å². The Bertz CT molecular complexity index is 553. The number of nitrogens with one attached hydrogen (secondary N) is 2. The highest BCUT2D eigenvalue weighted by Gasteiger charge is 2.06. The van der Waals surface area contributed by atoms with Crippen LogP contribution in [-0.4, -0.2) is 29.7 Å². The van der Waals surface area contributed by atoms with E-state index in [4.69, 9.17) is 0 Å². The highest BCUT2D eigenvalue weighted by Crippen LogP contribution is 2.21. The van der Waals surface area contributed by atoms with Gasteiger partial charge in [-0.1, -0.05) is 24.3 Å². The first kappa shape index (κ1) is 11.3. The van der Waals surface area contributed by atoms with Crippen LogP contribution in [-0.2, 0) is 4.79 Å². The summed E-state index contributed by atoms with van der Waals surface area (Å²) >= 11 is 0. The molecule has 0 aliphatic heterocycles. The van der Waals surface area contributed by atoms with Crippen molar-refractivity contribution in [1.29, 1.82) is 0 Å². The topological polar surface area (TPSA) is 66.9 Å². The van der Waals surface area contributed by atoms with E-state index in [9.17, 15) is 4.79 Å². The second-order valence-corrected chi connectivity index (χ2v) is 3.71. The number of nitrogens with zero attached hydrogens (tertiary/aromatic N) is 2. The SMILES string of the molecule is CNC(=O)CNc1nnc(C)c2ccccc12. The maximum atomic E-state index is 11.2. The first-order valence-electron chi connectivity index (χ1n) is 5.39. The second kappa shape index (κ2) is 4.78. The molecular formula is C12H14N4O. The van der Waals surface area contributed by atoms with Gasteiger partial charge in [-0.3, -0.25) is 4.79 Å². The van der Waals surface area contributed by atoms with Crippen molar-refractivity contribution in [3.05, 3.63) is 30.0 Å². The molecule has 2 N–H and O–H groups in total. The highest BCUT2D eigenvalue weighted by atomic mass is 16.1. The molecular weight excluding hydrogens is 216 g/mol. The van der Waals surface area contributed by atoms with Crippen LogP contribution in [0.5, 0.6) is 0 Å². The van der Waals surface area contributed by atoms with Gasteiger partial charge in [-0.25, -0.2) is 0 Å². The Morgan fingerprint density at radius 2 is 1.94 bits per heavy atom. The van der Waals surface area contributed by atoms with Gasteiger partial charge in [0.2, 0.25) is 5.91 Å². The first-order chi connectivity index (χ1) is 8.22. The lowest BCUT2D eigenvalue weighted by molar-refractivity contribution is -0.118. The number of benzene rings is 1. The van der Waals surface area contributed by atoms with Crippen LogP contribution in [0.25, 0.3) is 10.8 Å². The minimum Gasteiger partial charge on any atom is -0.359 e. The van der Waals surface area contributed by atoms with Gasteiger partial charge < -0.3 is 10.6 Å². The van der Waals surface area contributed by atoms with Crippen molar-refractivity contribution in [1.82, 2.24) is 15.5 Å². The fourth-order valence-corrected chi connectivity index (χ4v) is 1.62. The van der Waals surface area contributed by atoms with Gasteiger partial charge in [0.1, 0.15) is 0 Å². The third-order valence-corrected chi connectivity index (χ3v) is 2.57. The van der Waals surface area contributed by atoms with Crippen LogP contribution in [0.15, 0.2) is 24.3 Å². The molecule has 17 heavy (non-hydrogen) atoms. The fraction of sp³-hybridized carbons (Fsp3) is 0.250. The molecule has 5 heteroatoms. The van der Waals surface area contributed by atoms with Gasteiger partial charge in [0.25, 0.3) is 0 Å². The molecule has 0 bridgehead atoms. The fourth-order valence-electron chi connectivity index (χ4n) is 1.62. The minimum absolute atomic E-state index is 0.0866. The number of rotatable bonds is 3. The number of aromatic nitrogens is 2. The summed E-state index contributed by atoms with van der Waals surface area (Å²) in [6.45, 7) is 2.11. The zero-order chi connectivity index (χ0) is 12.3. The van der Waals surface area contributed by atoms with Crippen molar-refractivity contribution in [3.63, 3.8) is 0 Å². The molecule has 1 aromatic heterocycles. The molecule has 88 valence electrons. The second-order valence-electron chi connectivity index (χ2n) is 3.71. The van der Waals surface area contributed by atoms with E-state index in [0.717, 1.165) is 16.5 Å². The highest BCUT2D eigenvalue weighted by molar-refractivity contribution is 5.94. The van der Waals surface area contributed by atoms with Gasteiger partial charge >= 0.3 is 0 Å². The Morgan fingerprint density at radius 3 is 2.65 bits per heavy atom. The van der Waals surface area contributed by atoms with Crippen LogP contribution < -0.4 is 10.6 Å². The lowest BCUT2D eigenvalue weighted by Gasteiger charge is -2.08. The summed E-state index contributed by atoms with van der Waals surface area (Å²) in [7, 11) is 1.60. The van der Waals surface area contributed by atoms with Crippen molar-refractivity contribution >= 4 is 22.5 Å². The number of carbonyl (C=O) groups excluding carboxylic acids is 1. The normalized spacial score (nSPS) is 10.2. The van der Waals surface area contributed by atoms with Crippen LogP contribution >= 0.6 is 0 Å². The molecule has 2 aromatic rings. The van der Waals surface area contributed by atoms with E-state index < -0.39 is 0 Å². The predicted molar refractivity (Wildman–Crippen MR) is 66.8 cm³/mol. The Balaban J connectivity index is 2.35. The van der Waals surface area contributed by atoms with Gasteiger partial charge in [0.05, 0.1) is 12.2 Å². The molecule has 0 aliphatic rings. The summed E-state index contributed by atoms with van der Waals surface area (Å²) in [5.74, 6) is 0.547. The third kappa shape index (κ3) is 2.33. The van der Waals surface area contributed by atoms with E-state index in [1.807, 2.05) is 31.2 Å². The molecule has 0 radical (unpaired) electrons. The summed E-state index contributed by atoms with van der Waals surface area (Å²) in [5, 5.41) is 15.7. The third-order valence-electron chi connectivity index (χ3n) is 2.57. The Labute approximate surface area is 99.2 Å². The number of amides is 1. The molecule has 0 atom stereocenters. The summed E-state index contributed by atoms with van der Waals surface area (Å²) < 4.78 is 0. The molecule has 0 aliphatic carbocycles. The molecule has 1 heterocycles. The number of anilines is 1. The van der Waals surface area contributed by atoms with Crippen molar-refractivity contribution in [2.75, 3.05) is 18.9 Å². The van der Waals surface area contributed by atoms with Crippen molar-refractivity contribution in [2.45, 2.75) is 6.92 Å². The van der Waals surface area contributed by atoms with Crippen LogP contribution in [0, 0.1) is 6.92 Å². The van der Waals surface area contributed by atoms with Gasteiger partial charge in [-0.15, -0.1) is 5.10 Å². The van der Waals surface area contributed by atoms with Gasteiger partial charge in [-0.05, 0) is 6.92 Å². The summed E-state index contributed by atoms with van der Waals surface area (Å²) in [6.07, 6.45) is 0. The van der Waals surface area contributed by atoms with Crippen LogP contribution in [0.2, 0.25) is 0 Å². The lowest BCUT2D eigenvalue weighted by Crippen LogP contribution is -2.26. The Morgan fingerprint density at radius 1 is 1.24 bits per heavy atom. The van der Waals surface area contributed by atoms with Crippen molar-refractivity contribution < 1.29 is 4.79 Å². The lowest BCUT2D eigenvalue weighted by atomic mass is 10.1. The number of hydrogen-bond donors (Lipinski definition) is 2. The van der Waals surface area contributed by atoms with E-state index in [2.05, 4.69) is 20.8 Å². The Hall–Kier alpha value is -2.17. The van der Waals surface area contributed by atoms with E-state index >= 15 is 0 Å². The van der Waals surface area contributed by atoms with Crippen LogP contribution in [0.4, 0.5) is 5.82 Å². The van der Waals surface area contributed by atoms with Gasteiger partial charge in [0.15, 0.2) is 5.82 Å². The smallest absolute Gasteiger partial charge is 0.239 e. The molecule has 1 aromatic carbocycles. The van der Waals surface area contributed by atoms with Gasteiger partial charge in [-0.2, -0.15) is 5.10 Å². The summed E-state index contributed by atoms with van der Waals surface area (Å²) in [6, 6.07) is 7.85. The average Bonchev–Trinajstić information content (AvgIpc) is 2.38. The maximum absolute atomic E-state index is 11.2. The standard InChI is InChI=1S/C12H14N4O/c1-8-9-5-3-4-6-10(9)12(16-15-8)14-7-11(17)13-2/h3-6H,7H2,1-2H3,(H,13,17)(H,14,16). The first-order valence-corrected chi connectivity index (χ1v) is 5.39. The molecule has 0 saturated heterocycles. The van der Waals surface area contributed by atoms with Crippen molar-refractivity contribution in [3.8, 4) is 0 Å². The zero-order valence-electron chi connectivity index (χ0n) is 9.82. The number of carbonyl (C=O) groups is 1. The zero-order valence-corrected chi connectivity index (χ0v) is 9.82.